The van der Waals surface area contributed by atoms with Gasteiger partial charge in [0, 0.05) is 24.6 Å². The number of aromatic nitrogens is 2. The van der Waals surface area contributed by atoms with Gasteiger partial charge >= 0.3 is 0 Å². The molecule has 78 valence electrons. The van der Waals surface area contributed by atoms with E-state index in [1.54, 1.807) is 18.6 Å². The Balaban J connectivity index is 2.25. The van der Waals surface area contributed by atoms with Crippen LogP contribution in [-0.4, -0.2) is 9.97 Å². The van der Waals surface area contributed by atoms with Crippen LogP contribution in [0.15, 0.2) is 18.6 Å². The molecule has 0 amide bonds. The predicted octanol–water partition coefficient (Wildman–Crippen LogP) is 2.45. The number of hydrogen-bond acceptors (Lipinski definition) is 3. The summed E-state index contributed by atoms with van der Waals surface area (Å²) in [5, 5.41) is 0. The van der Waals surface area contributed by atoms with E-state index in [0.29, 0.717) is 0 Å². The molecule has 0 saturated carbocycles. The lowest BCUT2D eigenvalue weighted by atomic mass is 10.1. The highest BCUT2D eigenvalue weighted by Gasteiger charge is 2.05. The standard InChI is InChI=1S/C11H19N3/c1-2-3-4-5-6-10(12)11-9-13-7-8-14-11/h7-10H,2-6,12H2,1H3. The molecule has 14 heavy (non-hydrogen) atoms. The summed E-state index contributed by atoms with van der Waals surface area (Å²) in [6, 6.07) is 0.0561. The van der Waals surface area contributed by atoms with Crippen molar-refractivity contribution in [2.24, 2.45) is 5.73 Å². The van der Waals surface area contributed by atoms with Gasteiger partial charge in [-0.2, -0.15) is 0 Å². The van der Waals surface area contributed by atoms with Crippen molar-refractivity contribution in [1.82, 2.24) is 9.97 Å². The minimum Gasteiger partial charge on any atom is -0.323 e. The van der Waals surface area contributed by atoms with E-state index in [1.165, 1.54) is 25.7 Å². The van der Waals surface area contributed by atoms with Crippen molar-refractivity contribution in [3.8, 4) is 0 Å². The smallest absolute Gasteiger partial charge is 0.0753 e. The van der Waals surface area contributed by atoms with Crippen LogP contribution in [-0.2, 0) is 0 Å². The fraction of sp³-hybridized carbons (Fsp3) is 0.636. The third kappa shape index (κ3) is 3.83. The van der Waals surface area contributed by atoms with Crippen molar-refractivity contribution in [2.75, 3.05) is 0 Å². The summed E-state index contributed by atoms with van der Waals surface area (Å²) < 4.78 is 0. The molecule has 1 atom stereocenters. The van der Waals surface area contributed by atoms with Gasteiger partial charge in [-0.05, 0) is 6.42 Å². The Morgan fingerprint density at radius 3 is 2.79 bits per heavy atom. The average Bonchev–Trinajstić information content (AvgIpc) is 2.25. The van der Waals surface area contributed by atoms with Gasteiger partial charge in [0.15, 0.2) is 0 Å². The van der Waals surface area contributed by atoms with Crippen LogP contribution < -0.4 is 5.73 Å². The molecule has 0 bridgehead atoms. The zero-order chi connectivity index (χ0) is 10.2. The summed E-state index contributed by atoms with van der Waals surface area (Å²) in [4.78, 5) is 8.20. The number of unbranched alkanes of at least 4 members (excludes halogenated alkanes) is 3. The summed E-state index contributed by atoms with van der Waals surface area (Å²) in [6.45, 7) is 2.21. The molecule has 1 heterocycles. The number of rotatable bonds is 6. The summed E-state index contributed by atoms with van der Waals surface area (Å²) in [6.07, 6.45) is 11.2. The molecule has 0 radical (unpaired) electrons. The van der Waals surface area contributed by atoms with Gasteiger partial charge in [-0.3, -0.25) is 9.97 Å². The van der Waals surface area contributed by atoms with Crippen LogP contribution in [0.4, 0.5) is 0 Å². The van der Waals surface area contributed by atoms with Crippen molar-refractivity contribution in [3.63, 3.8) is 0 Å². The molecule has 1 rings (SSSR count). The van der Waals surface area contributed by atoms with E-state index in [4.69, 9.17) is 5.73 Å². The Hall–Kier alpha value is -0.960. The lowest BCUT2D eigenvalue weighted by molar-refractivity contribution is 0.556. The van der Waals surface area contributed by atoms with Gasteiger partial charge in [0.05, 0.1) is 5.69 Å². The molecule has 3 heteroatoms. The Morgan fingerprint density at radius 1 is 1.29 bits per heavy atom. The Morgan fingerprint density at radius 2 is 2.14 bits per heavy atom. The van der Waals surface area contributed by atoms with Gasteiger partial charge < -0.3 is 5.73 Å². The van der Waals surface area contributed by atoms with E-state index in [1.807, 2.05) is 0 Å². The van der Waals surface area contributed by atoms with Crippen molar-refractivity contribution in [1.29, 1.82) is 0 Å². The van der Waals surface area contributed by atoms with E-state index in [2.05, 4.69) is 16.9 Å². The molecule has 1 unspecified atom stereocenters. The molecule has 1 aromatic rings. The van der Waals surface area contributed by atoms with Crippen LogP contribution in [0.1, 0.15) is 50.8 Å². The predicted molar refractivity (Wildman–Crippen MR) is 57.7 cm³/mol. The van der Waals surface area contributed by atoms with Crippen LogP contribution in [0.3, 0.4) is 0 Å². The molecule has 0 aliphatic rings. The van der Waals surface area contributed by atoms with Crippen LogP contribution in [0.25, 0.3) is 0 Å². The molecule has 1 aromatic heterocycles. The zero-order valence-electron chi connectivity index (χ0n) is 8.82. The molecule has 0 aliphatic heterocycles. The summed E-state index contributed by atoms with van der Waals surface area (Å²) in [5.74, 6) is 0. The second-order valence-corrected chi connectivity index (χ2v) is 3.59. The zero-order valence-corrected chi connectivity index (χ0v) is 8.82. The fourth-order valence-corrected chi connectivity index (χ4v) is 1.44. The number of hydrogen-bond donors (Lipinski definition) is 1. The van der Waals surface area contributed by atoms with Gasteiger partial charge in [-0.15, -0.1) is 0 Å². The van der Waals surface area contributed by atoms with E-state index in [0.717, 1.165) is 12.1 Å². The van der Waals surface area contributed by atoms with E-state index < -0.39 is 0 Å². The number of nitrogens with zero attached hydrogens (tertiary/aromatic N) is 2. The quantitative estimate of drug-likeness (QED) is 0.706. The third-order valence-corrected chi connectivity index (χ3v) is 2.33. The maximum atomic E-state index is 5.97. The van der Waals surface area contributed by atoms with Gasteiger partial charge in [-0.25, -0.2) is 0 Å². The van der Waals surface area contributed by atoms with Crippen LogP contribution in [0.2, 0.25) is 0 Å². The van der Waals surface area contributed by atoms with E-state index in [9.17, 15) is 0 Å². The molecule has 0 saturated heterocycles. The fourth-order valence-electron chi connectivity index (χ4n) is 1.44. The normalized spacial score (nSPS) is 12.7. The SMILES string of the molecule is CCCCCCC(N)c1cnccn1. The first-order valence-electron chi connectivity index (χ1n) is 5.36. The molecular formula is C11H19N3. The van der Waals surface area contributed by atoms with Gasteiger partial charge in [0.25, 0.3) is 0 Å². The minimum absolute atomic E-state index is 0.0561. The summed E-state index contributed by atoms with van der Waals surface area (Å²) >= 11 is 0. The minimum atomic E-state index is 0.0561. The molecule has 0 aliphatic carbocycles. The Labute approximate surface area is 85.8 Å². The Kier molecular flexibility index (Phi) is 5.15. The van der Waals surface area contributed by atoms with Crippen LogP contribution in [0, 0.1) is 0 Å². The van der Waals surface area contributed by atoms with Crippen molar-refractivity contribution in [3.05, 3.63) is 24.3 Å². The second kappa shape index (κ2) is 6.49. The maximum absolute atomic E-state index is 5.97. The molecule has 0 spiro atoms. The highest BCUT2D eigenvalue weighted by Crippen LogP contribution is 2.14. The topological polar surface area (TPSA) is 51.8 Å². The molecule has 0 aromatic carbocycles. The van der Waals surface area contributed by atoms with Crippen LogP contribution in [0.5, 0.6) is 0 Å². The lowest BCUT2D eigenvalue weighted by Crippen LogP contribution is -2.11. The molecule has 2 N–H and O–H groups in total. The summed E-state index contributed by atoms with van der Waals surface area (Å²) in [7, 11) is 0. The first-order valence-corrected chi connectivity index (χ1v) is 5.36. The van der Waals surface area contributed by atoms with E-state index >= 15 is 0 Å². The monoisotopic (exact) mass is 193 g/mol. The lowest BCUT2D eigenvalue weighted by Gasteiger charge is -2.09. The summed E-state index contributed by atoms with van der Waals surface area (Å²) in [5.41, 5.74) is 6.88. The third-order valence-electron chi connectivity index (χ3n) is 2.33. The van der Waals surface area contributed by atoms with Gasteiger partial charge in [0.2, 0.25) is 0 Å². The highest BCUT2D eigenvalue weighted by molar-refractivity contribution is 5.00. The van der Waals surface area contributed by atoms with Crippen molar-refractivity contribution < 1.29 is 0 Å². The second-order valence-electron chi connectivity index (χ2n) is 3.59. The molecule has 3 nitrogen and oxygen atoms in total. The van der Waals surface area contributed by atoms with Crippen molar-refractivity contribution in [2.45, 2.75) is 45.1 Å². The largest absolute Gasteiger partial charge is 0.323 e. The molecular weight excluding hydrogens is 174 g/mol. The Bertz CT molecular complexity index is 236. The molecule has 0 fully saturated rings. The maximum Gasteiger partial charge on any atom is 0.0753 e. The van der Waals surface area contributed by atoms with Crippen molar-refractivity contribution >= 4 is 0 Å². The van der Waals surface area contributed by atoms with Crippen LogP contribution >= 0.6 is 0 Å². The first-order chi connectivity index (χ1) is 6.84. The highest BCUT2D eigenvalue weighted by atomic mass is 14.8. The van der Waals surface area contributed by atoms with E-state index in [-0.39, 0.29) is 6.04 Å². The average molecular weight is 193 g/mol. The van der Waals surface area contributed by atoms with Gasteiger partial charge in [-0.1, -0.05) is 32.6 Å². The first kappa shape index (κ1) is 11.1. The number of nitrogens with two attached hydrogens (primary N) is 1. The van der Waals surface area contributed by atoms with Gasteiger partial charge in [0.1, 0.15) is 0 Å².